The zero-order valence-corrected chi connectivity index (χ0v) is 10.2. The van der Waals surface area contributed by atoms with Crippen LogP contribution in [0.3, 0.4) is 0 Å². The number of hydrogen-bond donors (Lipinski definition) is 2. The number of nitrogens with one attached hydrogen (secondary N) is 2. The van der Waals surface area contributed by atoms with Crippen LogP contribution in [0.2, 0.25) is 0 Å². The van der Waals surface area contributed by atoms with Crippen LogP contribution in [-0.2, 0) is 10.0 Å². The molecule has 1 heterocycles. The summed E-state index contributed by atoms with van der Waals surface area (Å²) in [6.07, 6.45) is 0. The summed E-state index contributed by atoms with van der Waals surface area (Å²) in [5.41, 5.74) is 0. The normalized spacial score (nSPS) is 20.7. The molecule has 1 aliphatic rings. The van der Waals surface area contributed by atoms with Gasteiger partial charge in [-0.3, -0.25) is 0 Å². The molecule has 2 N–H and O–H groups in total. The minimum atomic E-state index is -3.17. The molecule has 1 saturated heterocycles. The van der Waals surface area contributed by atoms with Gasteiger partial charge in [0.1, 0.15) is 0 Å². The molecule has 1 fully saturated rings. The van der Waals surface area contributed by atoms with Gasteiger partial charge < -0.3 is 10.2 Å². The summed E-state index contributed by atoms with van der Waals surface area (Å²) < 4.78 is 23.1. The second-order valence-corrected chi connectivity index (χ2v) is 5.62. The molecule has 0 aromatic carbocycles. The van der Waals surface area contributed by atoms with Gasteiger partial charge in [0.05, 0.1) is 5.75 Å². The largest absolute Gasteiger partial charge is 0.319 e. The Bertz CT molecular complexity index is 272. The molecule has 6 nitrogen and oxygen atoms in total. The minimum Gasteiger partial charge on any atom is -0.319 e. The highest BCUT2D eigenvalue weighted by atomic mass is 32.2. The fourth-order valence-electron chi connectivity index (χ4n) is 1.38. The number of hydrazine groups is 1. The predicted molar refractivity (Wildman–Crippen MR) is 59.9 cm³/mol. The molecule has 1 rings (SSSR count). The van der Waals surface area contributed by atoms with E-state index in [1.807, 2.05) is 7.05 Å². The maximum Gasteiger partial charge on any atom is 0.225 e. The van der Waals surface area contributed by atoms with Gasteiger partial charge in [-0.05, 0) is 14.1 Å². The predicted octanol–water partition coefficient (Wildman–Crippen LogP) is -1.71. The van der Waals surface area contributed by atoms with Gasteiger partial charge >= 0.3 is 0 Å². The van der Waals surface area contributed by atoms with Crippen LogP contribution >= 0.6 is 0 Å². The molecule has 0 amide bonds. The van der Waals surface area contributed by atoms with E-state index in [-0.39, 0.29) is 5.75 Å². The molecule has 0 aliphatic carbocycles. The second kappa shape index (κ2) is 5.76. The monoisotopic (exact) mass is 236 g/mol. The van der Waals surface area contributed by atoms with Crippen molar-refractivity contribution in [2.45, 2.75) is 0 Å². The van der Waals surface area contributed by atoms with Crippen LogP contribution in [0.5, 0.6) is 0 Å². The standard InChI is InChI=1S/C8H20N4O2S/c1-9-3-8-15(13,14)10-12-6-4-11(2)5-7-12/h9-10H,3-8H2,1-2H3. The summed E-state index contributed by atoms with van der Waals surface area (Å²) in [5.74, 6) is 0.121. The summed E-state index contributed by atoms with van der Waals surface area (Å²) >= 11 is 0. The summed E-state index contributed by atoms with van der Waals surface area (Å²) in [6, 6.07) is 0. The SMILES string of the molecule is CNCCS(=O)(=O)NN1CCN(C)CC1. The molecule has 0 atom stereocenters. The van der Waals surface area contributed by atoms with Crippen LogP contribution in [0.4, 0.5) is 0 Å². The third-order valence-corrected chi connectivity index (χ3v) is 3.67. The summed E-state index contributed by atoms with van der Waals surface area (Å²) in [4.78, 5) is 4.77. The number of sulfonamides is 1. The Morgan fingerprint density at radius 3 is 2.33 bits per heavy atom. The van der Waals surface area contributed by atoms with Crippen LogP contribution in [0.15, 0.2) is 0 Å². The first-order valence-electron chi connectivity index (χ1n) is 5.12. The Kier molecular flexibility index (Phi) is 4.94. The van der Waals surface area contributed by atoms with Crippen molar-refractivity contribution < 1.29 is 8.42 Å². The highest BCUT2D eigenvalue weighted by Gasteiger charge is 2.18. The fraction of sp³-hybridized carbons (Fsp3) is 1.00. The molecule has 7 heteroatoms. The summed E-state index contributed by atoms with van der Waals surface area (Å²) in [6.45, 7) is 3.76. The zero-order valence-electron chi connectivity index (χ0n) is 9.36. The van der Waals surface area contributed by atoms with Crippen LogP contribution in [0.1, 0.15) is 0 Å². The lowest BCUT2D eigenvalue weighted by Gasteiger charge is -2.32. The fourth-order valence-corrected chi connectivity index (χ4v) is 2.52. The highest BCUT2D eigenvalue weighted by Crippen LogP contribution is 1.97. The van der Waals surface area contributed by atoms with Crippen molar-refractivity contribution in [2.75, 3.05) is 52.6 Å². The molecule has 0 saturated carbocycles. The zero-order chi connectivity index (χ0) is 11.3. The maximum absolute atomic E-state index is 11.5. The van der Waals surface area contributed by atoms with Gasteiger partial charge in [-0.15, -0.1) is 4.83 Å². The molecular weight excluding hydrogens is 216 g/mol. The molecule has 15 heavy (non-hydrogen) atoms. The summed E-state index contributed by atoms with van der Waals surface area (Å²) in [7, 11) is 0.610. The van der Waals surface area contributed by atoms with Gasteiger partial charge in [0.15, 0.2) is 0 Å². The van der Waals surface area contributed by atoms with Gasteiger partial charge in [0, 0.05) is 32.7 Å². The Balaban J connectivity index is 2.34. The van der Waals surface area contributed by atoms with E-state index in [1.165, 1.54) is 0 Å². The van der Waals surface area contributed by atoms with E-state index in [0.29, 0.717) is 6.54 Å². The molecular formula is C8H20N4O2S. The van der Waals surface area contributed by atoms with Gasteiger partial charge in [0.2, 0.25) is 10.0 Å². The van der Waals surface area contributed by atoms with Crippen molar-refractivity contribution in [1.29, 1.82) is 0 Å². The minimum absolute atomic E-state index is 0.121. The van der Waals surface area contributed by atoms with Crippen molar-refractivity contribution in [1.82, 2.24) is 20.1 Å². The Morgan fingerprint density at radius 2 is 1.80 bits per heavy atom. The third kappa shape index (κ3) is 4.89. The van der Waals surface area contributed by atoms with Crippen LogP contribution < -0.4 is 10.1 Å². The van der Waals surface area contributed by atoms with Crippen molar-refractivity contribution >= 4 is 10.0 Å². The van der Waals surface area contributed by atoms with Gasteiger partial charge in [-0.2, -0.15) is 0 Å². The molecule has 0 spiro atoms. The number of nitrogens with zero attached hydrogens (tertiary/aromatic N) is 2. The number of likely N-dealkylation sites (N-methyl/N-ethyl adjacent to an activating group) is 1. The number of piperazine rings is 1. The number of rotatable bonds is 5. The molecule has 0 bridgehead atoms. The van der Waals surface area contributed by atoms with E-state index in [2.05, 4.69) is 15.0 Å². The molecule has 0 aromatic heterocycles. The smallest absolute Gasteiger partial charge is 0.225 e. The molecule has 1 aliphatic heterocycles. The molecule has 0 radical (unpaired) electrons. The van der Waals surface area contributed by atoms with Gasteiger partial charge in [-0.1, -0.05) is 0 Å². The van der Waals surface area contributed by atoms with Crippen LogP contribution in [-0.4, -0.2) is 70.9 Å². The molecule has 0 unspecified atom stereocenters. The first kappa shape index (κ1) is 12.9. The Hall–Kier alpha value is -0.210. The average molecular weight is 236 g/mol. The van der Waals surface area contributed by atoms with Crippen molar-refractivity contribution in [3.8, 4) is 0 Å². The van der Waals surface area contributed by atoms with Crippen molar-refractivity contribution in [2.24, 2.45) is 0 Å². The van der Waals surface area contributed by atoms with E-state index in [1.54, 1.807) is 12.1 Å². The number of hydrogen-bond acceptors (Lipinski definition) is 5. The van der Waals surface area contributed by atoms with E-state index in [0.717, 1.165) is 26.2 Å². The molecule has 90 valence electrons. The van der Waals surface area contributed by atoms with Crippen molar-refractivity contribution in [3.63, 3.8) is 0 Å². The Labute approximate surface area is 91.6 Å². The van der Waals surface area contributed by atoms with Crippen LogP contribution in [0.25, 0.3) is 0 Å². The molecule has 0 aromatic rings. The quantitative estimate of drug-likeness (QED) is 0.595. The Morgan fingerprint density at radius 1 is 1.20 bits per heavy atom. The second-order valence-electron chi connectivity index (χ2n) is 3.80. The van der Waals surface area contributed by atoms with E-state index >= 15 is 0 Å². The van der Waals surface area contributed by atoms with E-state index < -0.39 is 10.0 Å². The van der Waals surface area contributed by atoms with E-state index in [9.17, 15) is 8.42 Å². The maximum atomic E-state index is 11.5. The lowest BCUT2D eigenvalue weighted by Crippen LogP contribution is -2.53. The van der Waals surface area contributed by atoms with E-state index in [4.69, 9.17) is 0 Å². The summed E-state index contributed by atoms with van der Waals surface area (Å²) in [5, 5.41) is 4.59. The van der Waals surface area contributed by atoms with Crippen molar-refractivity contribution in [3.05, 3.63) is 0 Å². The topological polar surface area (TPSA) is 64.7 Å². The van der Waals surface area contributed by atoms with Crippen LogP contribution in [0, 0.1) is 0 Å². The lowest BCUT2D eigenvalue weighted by molar-refractivity contribution is 0.135. The highest BCUT2D eigenvalue weighted by molar-refractivity contribution is 7.89. The average Bonchev–Trinajstić information content (AvgIpc) is 2.18. The lowest BCUT2D eigenvalue weighted by atomic mass is 10.4. The van der Waals surface area contributed by atoms with Gasteiger partial charge in [0.25, 0.3) is 0 Å². The first-order valence-corrected chi connectivity index (χ1v) is 6.77. The van der Waals surface area contributed by atoms with Gasteiger partial charge in [-0.25, -0.2) is 13.4 Å². The first-order chi connectivity index (χ1) is 7.03. The third-order valence-electron chi connectivity index (χ3n) is 2.39.